The molecule has 0 saturated heterocycles. The summed E-state index contributed by atoms with van der Waals surface area (Å²) < 4.78 is 0. The molecule has 1 atom stereocenters. The van der Waals surface area contributed by atoms with Gasteiger partial charge in [-0.15, -0.1) is 0 Å². The maximum atomic E-state index is 14.0. The summed E-state index contributed by atoms with van der Waals surface area (Å²) in [4.78, 5) is 30.9. The van der Waals surface area contributed by atoms with Crippen molar-refractivity contribution in [3.05, 3.63) is 94.0 Å². The second-order valence-corrected chi connectivity index (χ2v) is 11.2. The smallest absolute Gasteiger partial charge is 0.325 e. The summed E-state index contributed by atoms with van der Waals surface area (Å²) in [6.45, 7) is 8.59. The average molecular weight is 534 g/mol. The van der Waals surface area contributed by atoms with Crippen LogP contribution in [0, 0.1) is 0 Å². The molecule has 1 unspecified atom stereocenters. The Morgan fingerprint density at radius 3 is 2.45 bits per heavy atom. The number of nitrogens with one attached hydrogen (secondary N) is 1. The van der Waals surface area contributed by atoms with Crippen LogP contribution in [-0.4, -0.2) is 35.0 Å². The van der Waals surface area contributed by atoms with Crippen LogP contribution >= 0.6 is 11.6 Å². The number of carbonyl (C=O) groups excluding carboxylic acids is 2. The van der Waals surface area contributed by atoms with E-state index < -0.39 is 6.04 Å². The minimum absolute atomic E-state index is 0.127. The molecule has 0 fully saturated rings. The van der Waals surface area contributed by atoms with Crippen LogP contribution in [-0.2, 0) is 16.8 Å². The lowest BCUT2D eigenvalue weighted by Gasteiger charge is -2.43. The van der Waals surface area contributed by atoms with Gasteiger partial charge in [0.15, 0.2) is 0 Å². The van der Waals surface area contributed by atoms with Gasteiger partial charge in [-0.3, -0.25) is 9.69 Å². The zero-order chi connectivity index (χ0) is 27.4. The van der Waals surface area contributed by atoms with E-state index in [4.69, 9.17) is 11.6 Å². The number of carbonyl (C=O) groups is 2. The minimum Gasteiger partial charge on any atom is -0.392 e. The van der Waals surface area contributed by atoms with Gasteiger partial charge in [-0.05, 0) is 52.8 Å². The van der Waals surface area contributed by atoms with Gasteiger partial charge in [0.05, 0.1) is 18.3 Å². The van der Waals surface area contributed by atoms with E-state index in [0.717, 1.165) is 35.2 Å². The van der Waals surface area contributed by atoms with Gasteiger partial charge < -0.3 is 15.3 Å². The van der Waals surface area contributed by atoms with Gasteiger partial charge >= 0.3 is 6.03 Å². The van der Waals surface area contributed by atoms with Gasteiger partial charge in [0.25, 0.3) is 0 Å². The lowest BCUT2D eigenvalue weighted by atomic mass is 9.85. The van der Waals surface area contributed by atoms with E-state index in [9.17, 15) is 14.7 Å². The van der Waals surface area contributed by atoms with Crippen molar-refractivity contribution in [1.29, 1.82) is 0 Å². The van der Waals surface area contributed by atoms with Crippen molar-refractivity contribution in [1.82, 2.24) is 4.90 Å². The molecule has 2 N–H and O–H groups in total. The summed E-state index contributed by atoms with van der Waals surface area (Å²) in [6, 6.07) is 20.3. The SMILES string of the molecule is CCCCN1C(=O)N(CC(=O)Nc2cc(CO)ccc2C(C)(C)C)C(c2ccccc2)c2cc(Cl)ccc21. The van der Waals surface area contributed by atoms with Crippen molar-refractivity contribution < 1.29 is 14.7 Å². The number of hydrogen-bond acceptors (Lipinski definition) is 3. The Hall–Kier alpha value is -3.35. The molecule has 0 spiro atoms. The van der Waals surface area contributed by atoms with Crippen LogP contribution in [0.3, 0.4) is 0 Å². The third-order valence-electron chi connectivity index (χ3n) is 6.88. The lowest BCUT2D eigenvalue weighted by Crippen LogP contribution is -2.52. The van der Waals surface area contributed by atoms with Gasteiger partial charge in [0.2, 0.25) is 5.91 Å². The van der Waals surface area contributed by atoms with Crippen molar-refractivity contribution in [2.24, 2.45) is 0 Å². The number of urea groups is 1. The number of hydrogen-bond donors (Lipinski definition) is 2. The molecule has 4 rings (SSSR count). The number of amides is 3. The largest absolute Gasteiger partial charge is 0.392 e. The number of anilines is 2. The van der Waals surface area contributed by atoms with E-state index in [-0.39, 0.29) is 30.5 Å². The molecular weight excluding hydrogens is 498 g/mol. The van der Waals surface area contributed by atoms with E-state index in [1.807, 2.05) is 54.6 Å². The van der Waals surface area contributed by atoms with E-state index in [0.29, 0.717) is 22.8 Å². The summed E-state index contributed by atoms with van der Waals surface area (Å²) in [6.07, 6.45) is 1.78. The van der Waals surface area contributed by atoms with E-state index in [2.05, 4.69) is 33.0 Å². The topological polar surface area (TPSA) is 72.9 Å². The number of rotatable bonds is 8. The van der Waals surface area contributed by atoms with Gasteiger partial charge in [-0.25, -0.2) is 4.79 Å². The fourth-order valence-corrected chi connectivity index (χ4v) is 5.18. The summed E-state index contributed by atoms with van der Waals surface area (Å²) in [5.41, 5.74) is 4.70. The number of unbranched alkanes of at least 4 members (excludes halogenated alkanes) is 1. The summed E-state index contributed by atoms with van der Waals surface area (Å²) in [7, 11) is 0. The van der Waals surface area contributed by atoms with Crippen LogP contribution in [0.1, 0.15) is 68.8 Å². The Bertz CT molecular complexity index is 1300. The van der Waals surface area contributed by atoms with E-state index in [1.165, 1.54) is 0 Å². The van der Waals surface area contributed by atoms with Crippen molar-refractivity contribution in [2.45, 2.75) is 58.6 Å². The first-order chi connectivity index (χ1) is 18.1. The third kappa shape index (κ3) is 5.87. The van der Waals surface area contributed by atoms with Gasteiger partial charge in [-0.1, -0.05) is 88.2 Å². The molecule has 3 aromatic carbocycles. The number of halogens is 1. The summed E-state index contributed by atoms with van der Waals surface area (Å²) >= 11 is 6.45. The van der Waals surface area contributed by atoms with Gasteiger partial charge in [0, 0.05) is 22.8 Å². The minimum atomic E-state index is -0.466. The van der Waals surface area contributed by atoms with Crippen molar-refractivity contribution in [3.63, 3.8) is 0 Å². The molecule has 3 aromatic rings. The molecule has 0 saturated carbocycles. The van der Waals surface area contributed by atoms with Crippen molar-refractivity contribution in [2.75, 3.05) is 23.3 Å². The maximum Gasteiger partial charge on any atom is 0.325 e. The second-order valence-electron chi connectivity index (χ2n) is 10.8. The van der Waals surface area contributed by atoms with Crippen LogP contribution in [0.2, 0.25) is 5.02 Å². The molecule has 1 aliphatic heterocycles. The molecule has 0 radical (unpaired) electrons. The molecule has 1 heterocycles. The Kier molecular flexibility index (Phi) is 8.44. The highest BCUT2D eigenvalue weighted by molar-refractivity contribution is 6.30. The normalized spacial score (nSPS) is 15.4. The van der Waals surface area contributed by atoms with Crippen molar-refractivity contribution in [3.8, 4) is 0 Å². The fourth-order valence-electron chi connectivity index (χ4n) is 5.00. The number of benzene rings is 3. The van der Waals surface area contributed by atoms with E-state index >= 15 is 0 Å². The highest BCUT2D eigenvalue weighted by Crippen LogP contribution is 2.42. The van der Waals surface area contributed by atoms with Crippen molar-refractivity contribution >= 4 is 34.9 Å². The molecule has 3 amide bonds. The number of fused-ring (bicyclic) bond motifs is 1. The van der Waals surface area contributed by atoms with E-state index in [1.54, 1.807) is 21.9 Å². The molecule has 7 heteroatoms. The van der Waals surface area contributed by atoms with Crippen LogP contribution in [0.25, 0.3) is 0 Å². The monoisotopic (exact) mass is 533 g/mol. The molecule has 1 aliphatic rings. The Balaban J connectivity index is 1.74. The Morgan fingerprint density at radius 2 is 1.79 bits per heavy atom. The highest BCUT2D eigenvalue weighted by atomic mass is 35.5. The number of nitrogens with zero attached hydrogens (tertiary/aromatic N) is 2. The first-order valence-electron chi connectivity index (χ1n) is 13.1. The highest BCUT2D eigenvalue weighted by Gasteiger charge is 2.39. The second kappa shape index (κ2) is 11.6. The first-order valence-corrected chi connectivity index (χ1v) is 13.5. The molecule has 200 valence electrons. The predicted octanol–water partition coefficient (Wildman–Crippen LogP) is 6.90. The first kappa shape index (κ1) is 27.7. The van der Waals surface area contributed by atoms with Crippen LogP contribution in [0.4, 0.5) is 16.2 Å². The number of aliphatic hydroxyl groups is 1. The Labute approximate surface area is 230 Å². The van der Waals surface area contributed by atoms with Crippen LogP contribution in [0.15, 0.2) is 66.7 Å². The quantitative estimate of drug-likeness (QED) is 0.331. The molecular formula is C31H36ClN3O3. The zero-order valence-electron chi connectivity index (χ0n) is 22.5. The van der Waals surface area contributed by atoms with Gasteiger partial charge in [0.1, 0.15) is 6.54 Å². The number of aliphatic hydroxyl groups excluding tert-OH is 1. The summed E-state index contributed by atoms with van der Waals surface area (Å²) in [5.74, 6) is -0.305. The predicted molar refractivity (Wildman–Crippen MR) is 154 cm³/mol. The fraction of sp³-hybridized carbons (Fsp3) is 0.355. The summed E-state index contributed by atoms with van der Waals surface area (Å²) in [5, 5.41) is 13.3. The maximum absolute atomic E-state index is 14.0. The third-order valence-corrected chi connectivity index (χ3v) is 7.11. The molecule has 0 bridgehead atoms. The standard InChI is InChI=1S/C31H36ClN3O3/c1-5-6-16-34-27-15-13-23(32)18-24(27)29(22-10-8-7-9-11-22)35(30(34)38)19-28(37)33-26-17-21(20-36)12-14-25(26)31(2,3)4/h7-15,17-18,29,36H,5-6,16,19-20H2,1-4H3,(H,33,37). The molecule has 0 aliphatic carbocycles. The van der Waals surface area contributed by atoms with Crippen LogP contribution in [0.5, 0.6) is 0 Å². The Morgan fingerprint density at radius 1 is 1.05 bits per heavy atom. The van der Waals surface area contributed by atoms with Gasteiger partial charge in [-0.2, -0.15) is 0 Å². The molecule has 38 heavy (non-hydrogen) atoms. The average Bonchev–Trinajstić information content (AvgIpc) is 2.88. The zero-order valence-corrected chi connectivity index (χ0v) is 23.3. The molecule has 0 aromatic heterocycles. The lowest BCUT2D eigenvalue weighted by molar-refractivity contribution is -0.117. The molecule has 6 nitrogen and oxygen atoms in total. The van der Waals surface area contributed by atoms with Crippen LogP contribution < -0.4 is 10.2 Å².